The van der Waals surface area contributed by atoms with E-state index in [2.05, 4.69) is 15.1 Å². The molecule has 0 unspecified atom stereocenters. The van der Waals surface area contributed by atoms with Crippen LogP contribution in [0.4, 0.5) is 0 Å². The van der Waals surface area contributed by atoms with Crippen molar-refractivity contribution in [1.29, 1.82) is 0 Å². The molecule has 7 heteroatoms. The standard InChI is InChI=1S/C19H20N4O2S/c1-4-21-19-23(22-12-14-7-9-20-10-8-14)17(13-26-19)16-11-15(24-2)5-6-18(16)25-3/h5-13H,4H2,1-3H3. The van der Waals surface area contributed by atoms with Gasteiger partial charge in [-0.05, 0) is 42.8 Å². The normalized spacial score (nSPS) is 11.9. The number of hydrogen-bond donors (Lipinski definition) is 0. The first-order valence-corrected chi connectivity index (χ1v) is 9.02. The summed E-state index contributed by atoms with van der Waals surface area (Å²) in [6.45, 7) is 2.68. The lowest BCUT2D eigenvalue weighted by atomic mass is 10.1. The lowest BCUT2D eigenvalue weighted by Gasteiger charge is -2.11. The Morgan fingerprint density at radius 1 is 1.15 bits per heavy atom. The van der Waals surface area contributed by atoms with Gasteiger partial charge in [-0.25, -0.2) is 4.68 Å². The summed E-state index contributed by atoms with van der Waals surface area (Å²) in [5.74, 6) is 1.50. The van der Waals surface area contributed by atoms with Crippen molar-refractivity contribution >= 4 is 17.6 Å². The van der Waals surface area contributed by atoms with E-state index in [1.165, 1.54) is 11.3 Å². The predicted octanol–water partition coefficient (Wildman–Crippen LogP) is 3.43. The number of aromatic nitrogens is 2. The monoisotopic (exact) mass is 368 g/mol. The maximum absolute atomic E-state index is 5.53. The Morgan fingerprint density at radius 3 is 2.65 bits per heavy atom. The minimum Gasteiger partial charge on any atom is -0.497 e. The topological polar surface area (TPSA) is 61.0 Å². The van der Waals surface area contributed by atoms with E-state index in [0.29, 0.717) is 6.54 Å². The molecule has 0 aliphatic rings. The van der Waals surface area contributed by atoms with Crippen LogP contribution in [0.1, 0.15) is 12.5 Å². The van der Waals surface area contributed by atoms with E-state index in [1.807, 2.05) is 47.3 Å². The molecule has 3 aromatic rings. The molecule has 1 aromatic carbocycles. The largest absolute Gasteiger partial charge is 0.497 e. The average Bonchev–Trinajstić information content (AvgIpc) is 3.09. The Morgan fingerprint density at radius 2 is 1.96 bits per heavy atom. The molecule has 0 N–H and O–H groups in total. The zero-order valence-corrected chi connectivity index (χ0v) is 15.7. The van der Waals surface area contributed by atoms with Gasteiger partial charge < -0.3 is 9.47 Å². The molecule has 0 spiro atoms. The molecule has 0 amide bonds. The van der Waals surface area contributed by atoms with Crippen molar-refractivity contribution in [3.8, 4) is 22.8 Å². The number of nitrogens with zero attached hydrogens (tertiary/aromatic N) is 4. The Balaban J connectivity index is 2.15. The van der Waals surface area contributed by atoms with Gasteiger partial charge in [0.1, 0.15) is 11.5 Å². The Kier molecular flexibility index (Phi) is 5.80. The van der Waals surface area contributed by atoms with Crippen LogP contribution < -0.4 is 14.3 Å². The Bertz CT molecular complexity index is 961. The van der Waals surface area contributed by atoms with Crippen LogP contribution in [0.3, 0.4) is 0 Å². The van der Waals surface area contributed by atoms with Gasteiger partial charge >= 0.3 is 0 Å². The molecule has 0 aliphatic carbocycles. The summed E-state index contributed by atoms with van der Waals surface area (Å²) in [5.41, 5.74) is 2.75. The molecular weight excluding hydrogens is 348 g/mol. The molecular formula is C19H20N4O2S. The number of hydrogen-bond acceptors (Lipinski definition) is 6. The van der Waals surface area contributed by atoms with E-state index in [1.54, 1.807) is 32.8 Å². The summed E-state index contributed by atoms with van der Waals surface area (Å²) >= 11 is 1.54. The fourth-order valence-electron chi connectivity index (χ4n) is 2.43. The molecule has 0 fully saturated rings. The van der Waals surface area contributed by atoms with Crippen molar-refractivity contribution in [2.75, 3.05) is 20.8 Å². The number of rotatable bonds is 6. The van der Waals surface area contributed by atoms with Crippen molar-refractivity contribution in [2.24, 2.45) is 10.1 Å². The highest BCUT2D eigenvalue weighted by molar-refractivity contribution is 7.07. The second-order valence-electron chi connectivity index (χ2n) is 5.28. The van der Waals surface area contributed by atoms with Gasteiger partial charge in [0.15, 0.2) is 0 Å². The first kappa shape index (κ1) is 17.9. The minimum atomic E-state index is 0.681. The summed E-state index contributed by atoms with van der Waals surface area (Å²) in [5, 5.41) is 6.67. The second-order valence-corrected chi connectivity index (χ2v) is 6.12. The molecule has 2 aromatic heterocycles. The fourth-order valence-corrected chi connectivity index (χ4v) is 3.32. The highest BCUT2D eigenvalue weighted by atomic mass is 32.1. The molecule has 0 saturated heterocycles. The van der Waals surface area contributed by atoms with E-state index in [4.69, 9.17) is 9.47 Å². The highest BCUT2D eigenvalue weighted by Gasteiger charge is 2.13. The van der Waals surface area contributed by atoms with Gasteiger partial charge in [0.2, 0.25) is 4.80 Å². The number of ether oxygens (including phenoxy) is 2. The molecule has 3 rings (SSSR count). The molecule has 0 bridgehead atoms. The van der Waals surface area contributed by atoms with Crippen molar-refractivity contribution in [1.82, 2.24) is 9.66 Å². The van der Waals surface area contributed by atoms with Crippen LogP contribution >= 0.6 is 11.3 Å². The minimum absolute atomic E-state index is 0.681. The van der Waals surface area contributed by atoms with E-state index in [-0.39, 0.29) is 0 Å². The molecule has 0 saturated carbocycles. The molecule has 2 heterocycles. The van der Waals surface area contributed by atoms with Gasteiger partial charge in [-0.2, -0.15) is 5.10 Å². The van der Waals surface area contributed by atoms with Crippen LogP contribution in [0.2, 0.25) is 0 Å². The maximum Gasteiger partial charge on any atom is 0.206 e. The second kappa shape index (κ2) is 8.44. The SMILES string of the molecule is CCN=c1scc(-c2cc(OC)ccc2OC)n1N=Cc1ccncc1. The first-order valence-electron chi connectivity index (χ1n) is 8.14. The number of thiazole rings is 1. The molecule has 0 aliphatic heterocycles. The van der Waals surface area contributed by atoms with E-state index in [0.717, 1.165) is 33.1 Å². The maximum atomic E-state index is 5.53. The summed E-state index contributed by atoms with van der Waals surface area (Å²) in [6.07, 6.45) is 5.27. The zero-order valence-electron chi connectivity index (χ0n) is 14.9. The molecule has 26 heavy (non-hydrogen) atoms. The van der Waals surface area contributed by atoms with Crippen molar-refractivity contribution in [3.63, 3.8) is 0 Å². The quantitative estimate of drug-likeness (QED) is 0.626. The van der Waals surface area contributed by atoms with E-state index < -0.39 is 0 Å². The van der Waals surface area contributed by atoms with Gasteiger partial charge in [-0.15, -0.1) is 11.3 Å². The number of benzene rings is 1. The lowest BCUT2D eigenvalue weighted by Crippen LogP contribution is -2.12. The third kappa shape index (κ3) is 3.83. The van der Waals surface area contributed by atoms with E-state index in [9.17, 15) is 0 Å². The summed E-state index contributed by atoms with van der Waals surface area (Å²) in [7, 11) is 3.30. The first-order chi connectivity index (χ1) is 12.8. The van der Waals surface area contributed by atoms with Gasteiger partial charge in [0.25, 0.3) is 0 Å². The molecule has 0 atom stereocenters. The van der Waals surface area contributed by atoms with Gasteiger partial charge in [-0.3, -0.25) is 9.98 Å². The molecule has 134 valence electrons. The number of methoxy groups -OCH3 is 2. The van der Waals surface area contributed by atoms with Crippen molar-refractivity contribution < 1.29 is 9.47 Å². The van der Waals surface area contributed by atoms with Crippen LogP contribution in [0, 0.1) is 0 Å². The van der Waals surface area contributed by atoms with Gasteiger partial charge in [0.05, 0.1) is 26.1 Å². The van der Waals surface area contributed by atoms with Crippen LogP contribution in [0.5, 0.6) is 11.5 Å². The highest BCUT2D eigenvalue weighted by Crippen LogP contribution is 2.33. The molecule has 6 nitrogen and oxygen atoms in total. The third-order valence-electron chi connectivity index (χ3n) is 3.69. The van der Waals surface area contributed by atoms with Crippen molar-refractivity contribution in [3.05, 3.63) is 58.5 Å². The van der Waals surface area contributed by atoms with Crippen LogP contribution in [-0.2, 0) is 0 Å². The smallest absolute Gasteiger partial charge is 0.206 e. The van der Waals surface area contributed by atoms with Crippen LogP contribution in [0.15, 0.2) is 58.2 Å². The Hall–Kier alpha value is -2.93. The van der Waals surface area contributed by atoms with E-state index >= 15 is 0 Å². The Labute approximate surface area is 156 Å². The molecule has 0 radical (unpaired) electrons. The van der Waals surface area contributed by atoms with Crippen LogP contribution in [-0.4, -0.2) is 36.6 Å². The van der Waals surface area contributed by atoms with Crippen molar-refractivity contribution in [2.45, 2.75) is 6.92 Å². The number of pyridine rings is 1. The van der Waals surface area contributed by atoms with Gasteiger partial charge in [-0.1, -0.05) is 0 Å². The third-order valence-corrected chi connectivity index (χ3v) is 4.54. The summed E-state index contributed by atoms with van der Waals surface area (Å²) in [4.78, 5) is 9.39. The van der Waals surface area contributed by atoms with Crippen LogP contribution in [0.25, 0.3) is 11.3 Å². The lowest BCUT2D eigenvalue weighted by molar-refractivity contribution is 0.404. The summed E-state index contributed by atoms with van der Waals surface area (Å²) < 4.78 is 12.7. The fraction of sp³-hybridized carbons (Fsp3) is 0.211. The predicted molar refractivity (Wildman–Crippen MR) is 104 cm³/mol. The average molecular weight is 368 g/mol. The van der Waals surface area contributed by atoms with Gasteiger partial charge in [0, 0.05) is 29.9 Å². The summed E-state index contributed by atoms with van der Waals surface area (Å²) in [6, 6.07) is 9.50. The zero-order chi connectivity index (χ0) is 18.4.